The number of urea groups is 1. The van der Waals surface area contributed by atoms with Crippen molar-refractivity contribution in [1.82, 2.24) is 5.32 Å². The second-order valence-corrected chi connectivity index (χ2v) is 5.43. The molecule has 0 aliphatic carbocycles. The predicted octanol–water partition coefficient (Wildman–Crippen LogP) is 3.71. The second kappa shape index (κ2) is 7.89. The van der Waals surface area contributed by atoms with Crippen molar-refractivity contribution < 1.29 is 14.7 Å². The van der Waals surface area contributed by atoms with E-state index in [1.165, 1.54) is 6.07 Å². The van der Waals surface area contributed by atoms with Crippen LogP contribution in [-0.2, 0) is 0 Å². The highest BCUT2D eigenvalue weighted by Gasteiger charge is 2.13. The number of benzene rings is 1. The van der Waals surface area contributed by atoms with Gasteiger partial charge < -0.3 is 15.7 Å². The number of rotatable bonds is 6. The summed E-state index contributed by atoms with van der Waals surface area (Å²) in [5.41, 5.74) is 0.333. The van der Waals surface area contributed by atoms with Gasteiger partial charge in [0, 0.05) is 11.0 Å². The first-order valence-corrected chi connectivity index (χ1v) is 7.34. The van der Waals surface area contributed by atoms with E-state index in [4.69, 9.17) is 5.11 Å². The third kappa shape index (κ3) is 4.85. The summed E-state index contributed by atoms with van der Waals surface area (Å²) in [6, 6.07) is 4.31. The fourth-order valence-corrected chi connectivity index (χ4v) is 2.14. The molecule has 110 valence electrons. The van der Waals surface area contributed by atoms with Gasteiger partial charge in [0.2, 0.25) is 0 Å². The lowest BCUT2D eigenvalue weighted by Crippen LogP contribution is -2.33. The Morgan fingerprint density at radius 2 is 1.95 bits per heavy atom. The predicted molar refractivity (Wildman–Crippen MR) is 82.2 cm³/mol. The molecular weight excluding hydrogens is 324 g/mol. The Hall–Kier alpha value is -1.56. The number of carbonyl (C=O) groups is 2. The third-order valence-corrected chi connectivity index (χ3v) is 3.66. The summed E-state index contributed by atoms with van der Waals surface area (Å²) < 4.78 is 0.651. The van der Waals surface area contributed by atoms with Crippen LogP contribution >= 0.6 is 15.9 Å². The molecule has 0 heterocycles. The molecule has 0 saturated heterocycles. The molecule has 0 aliphatic rings. The van der Waals surface area contributed by atoms with Gasteiger partial charge in [-0.15, -0.1) is 0 Å². The Balaban J connectivity index is 2.68. The van der Waals surface area contributed by atoms with Crippen molar-refractivity contribution in [2.75, 3.05) is 11.9 Å². The summed E-state index contributed by atoms with van der Waals surface area (Å²) in [5, 5.41) is 14.4. The molecule has 1 aromatic carbocycles. The van der Waals surface area contributed by atoms with E-state index in [-0.39, 0.29) is 17.3 Å². The van der Waals surface area contributed by atoms with E-state index in [0.717, 1.165) is 12.8 Å². The molecule has 0 saturated carbocycles. The Labute approximate surface area is 126 Å². The summed E-state index contributed by atoms with van der Waals surface area (Å²) in [5.74, 6) is -0.647. The maximum atomic E-state index is 11.8. The van der Waals surface area contributed by atoms with E-state index in [9.17, 15) is 9.59 Å². The van der Waals surface area contributed by atoms with E-state index in [0.29, 0.717) is 16.9 Å². The fourth-order valence-electron chi connectivity index (χ4n) is 1.78. The first-order chi connectivity index (χ1) is 9.47. The van der Waals surface area contributed by atoms with E-state index >= 15 is 0 Å². The molecule has 0 aromatic heterocycles. The summed E-state index contributed by atoms with van der Waals surface area (Å²) in [7, 11) is 0. The molecule has 1 rings (SSSR count). The van der Waals surface area contributed by atoms with Crippen LogP contribution in [0.25, 0.3) is 0 Å². The first-order valence-electron chi connectivity index (χ1n) is 6.55. The summed E-state index contributed by atoms with van der Waals surface area (Å²) >= 11 is 3.21. The maximum absolute atomic E-state index is 11.8. The third-order valence-electron chi connectivity index (χ3n) is 3.17. The van der Waals surface area contributed by atoms with Crippen LogP contribution in [0.15, 0.2) is 22.7 Å². The summed E-state index contributed by atoms with van der Waals surface area (Å²) in [6.45, 7) is 4.73. The average Bonchev–Trinajstić information content (AvgIpc) is 2.41. The van der Waals surface area contributed by atoms with E-state index < -0.39 is 5.97 Å². The molecule has 0 bridgehead atoms. The van der Waals surface area contributed by atoms with Crippen LogP contribution in [0.4, 0.5) is 10.5 Å². The Morgan fingerprint density at radius 3 is 2.50 bits per heavy atom. The lowest BCUT2D eigenvalue weighted by atomic mass is 10.0. The molecule has 0 unspecified atom stereocenters. The normalized spacial score (nSPS) is 10.4. The molecule has 2 amide bonds. The number of halogens is 1. The molecule has 0 fully saturated rings. The molecule has 0 aliphatic heterocycles. The smallest absolute Gasteiger partial charge is 0.337 e. The summed E-state index contributed by atoms with van der Waals surface area (Å²) in [6.07, 6.45) is 1.99. The number of carboxylic acids is 1. The second-order valence-electron chi connectivity index (χ2n) is 4.51. The molecule has 0 atom stereocenters. The lowest BCUT2D eigenvalue weighted by molar-refractivity contribution is 0.0698. The number of anilines is 1. The van der Waals surface area contributed by atoms with E-state index in [2.05, 4.69) is 40.4 Å². The minimum Gasteiger partial charge on any atom is -0.478 e. The van der Waals surface area contributed by atoms with Crippen molar-refractivity contribution in [2.45, 2.75) is 26.7 Å². The van der Waals surface area contributed by atoms with Crippen LogP contribution in [0.2, 0.25) is 0 Å². The Morgan fingerprint density at radius 1 is 1.30 bits per heavy atom. The fraction of sp³-hybridized carbons (Fsp3) is 0.429. The topological polar surface area (TPSA) is 78.4 Å². The van der Waals surface area contributed by atoms with E-state index in [1.54, 1.807) is 12.1 Å². The van der Waals surface area contributed by atoms with Gasteiger partial charge in [-0.3, -0.25) is 0 Å². The number of hydrogen-bond acceptors (Lipinski definition) is 2. The van der Waals surface area contributed by atoms with Gasteiger partial charge in [-0.2, -0.15) is 0 Å². The number of carboxylic acid groups (broad SMARTS) is 1. The standard InChI is InChI=1S/C14H19BrN2O3/c1-3-9(4-2)8-16-14(20)17-12-6-5-10(15)7-11(12)13(18)19/h5-7,9H,3-4,8H2,1-2H3,(H,18,19)(H2,16,17,20). The van der Waals surface area contributed by atoms with E-state index in [1.807, 2.05) is 0 Å². The number of amides is 2. The highest BCUT2D eigenvalue weighted by molar-refractivity contribution is 9.10. The molecule has 5 nitrogen and oxygen atoms in total. The van der Waals surface area contributed by atoms with Crippen molar-refractivity contribution in [3.8, 4) is 0 Å². The van der Waals surface area contributed by atoms with Crippen molar-refractivity contribution in [3.63, 3.8) is 0 Å². The van der Waals surface area contributed by atoms with Gasteiger partial charge in [0.1, 0.15) is 0 Å². The van der Waals surface area contributed by atoms with Gasteiger partial charge >= 0.3 is 12.0 Å². The van der Waals surface area contributed by atoms with Gasteiger partial charge in [-0.1, -0.05) is 42.6 Å². The van der Waals surface area contributed by atoms with Gasteiger partial charge in [0.25, 0.3) is 0 Å². The van der Waals surface area contributed by atoms with Crippen molar-refractivity contribution in [2.24, 2.45) is 5.92 Å². The van der Waals surface area contributed by atoms with Crippen LogP contribution in [0.3, 0.4) is 0 Å². The van der Waals surface area contributed by atoms with Crippen LogP contribution in [-0.4, -0.2) is 23.7 Å². The zero-order valence-corrected chi connectivity index (χ0v) is 13.2. The first kappa shape index (κ1) is 16.5. The number of aromatic carboxylic acids is 1. The minimum atomic E-state index is -1.08. The number of carbonyl (C=O) groups excluding carboxylic acids is 1. The Kier molecular flexibility index (Phi) is 6.51. The zero-order chi connectivity index (χ0) is 15.1. The highest BCUT2D eigenvalue weighted by atomic mass is 79.9. The van der Waals surface area contributed by atoms with Gasteiger partial charge in [0.15, 0.2) is 0 Å². The maximum Gasteiger partial charge on any atom is 0.337 e. The van der Waals surface area contributed by atoms with Crippen LogP contribution in [0, 0.1) is 5.92 Å². The molecule has 20 heavy (non-hydrogen) atoms. The van der Waals surface area contributed by atoms with Crippen molar-refractivity contribution in [1.29, 1.82) is 0 Å². The van der Waals surface area contributed by atoms with Gasteiger partial charge in [-0.25, -0.2) is 9.59 Å². The Bertz CT molecular complexity index is 487. The highest BCUT2D eigenvalue weighted by Crippen LogP contribution is 2.21. The SMILES string of the molecule is CCC(CC)CNC(=O)Nc1ccc(Br)cc1C(=O)O. The van der Waals surface area contributed by atoms with Crippen LogP contribution in [0.5, 0.6) is 0 Å². The quantitative estimate of drug-likeness (QED) is 0.737. The van der Waals surface area contributed by atoms with Crippen LogP contribution < -0.4 is 10.6 Å². The molecule has 1 aromatic rings. The monoisotopic (exact) mass is 342 g/mol. The lowest BCUT2D eigenvalue weighted by Gasteiger charge is -2.14. The zero-order valence-electron chi connectivity index (χ0n) is 11.6. The molecular formula is C14H19BrN2O3. The minimum absolute atomic E-state index is 0.0528. The number of nitrogens with one attached hydrogen (secondary N) is 2. The molecule has 3 N–H and O–H groups in total. The molecule has 0 radical (unpaired) electrons. The summed E-state index contributed by atoms with van der Waals surface area (Å²) in [4.78, 5) is 22.9. The van der Waals surface area contributed by atoms with Crippen molar-refractivity contribution in [3.05, 3.63) is 28.2 Å². The average molecular weight is 343 g/mol. The van der Waals surface area contributed by atoms with Gasteiger partial charge in [-0.05, 0) is 24.1 Å². The van der Waals surface area contributed by atoms with Crippen molar-refractivity contribution >= 4 is 33.6 Å². The van der Waals surface area contributed by atoms with Gasteiger partial charge in [0.05, 0.1) is 11.3 Å². The number of hydrogen-bond donors (Lipinski definition) is 3. The largest absolute Gasteiger partial charge is 0.478 e. The molecule has 6 heteroatoms. The molecule has 0 spiro atoms. The van der Waals surface area contributed by atoms with Crippen LogP contribution in [0.1, 0.15) is 37.0 Å².